The minimum Gasteiger partial charge on any atom is -0.485 e. The first-order valence-electron chi connectivity index (χ1n) is 8.70. The van der Waals surface area contributed by atoms with E-state index in [0.717, 1.165) is 12.1 Å². The summed E-state index contributed by atoms with van der Waals surface area (Å²) in [4.78, 5) is 7.85. The van der Waals surface area contributed by atoms with Gasteiger partial charge in [-0.3, -0.25) is 9.50 Å². The predicted octanol–water partition coefficient (Wildman–Crippen LogP) is 4.61. The number of halogens is 5. The highest BCUT2D eigenvalue weighted by Gasteiger charge is 2.36. The molecular weight excluding hydrogens is 409 g/mol. The quantitative estimate of drug-likeness (QED) is 0.487. The van der Waals surface area contributed by atoms with Gasteiger partial charge in [-0.2, -0.15) is 18.3 Å². The maximum atomic E-state index is 13.9. The molecule has 0 saturated carbocycles. The number of nitrogens with one attached hydrogen (secondary N) is 1. The molecule has 0 bridgehead atoms. The summed E-state index contributed by atoms with van der Waals surface area (Å²) in [7, 11) is 0. The molecule has 6 nitrogen and oxygen atoms in total. The van der Waals surface area contributed by atoms with Crippen LogP contribution in [0.5, 0.6) is 5.75 Å². The van der Waals surface area contributed by atoms with Gasteiger partial charge in [-0.1, -0.05) is 6.07 Å². The maximum absolute atomic E-state index is 13.9. The van der Waals surface area contributed by atoms with Gasteiger partial charge in [0.2, 0.25) is 5.82 Å². The minimum absolute atomic E-state index is 0.191. The molecule has 0 amide bonds. The Labute approximate surface area is 166 Å². The van der Waals surface area contributed by atoms with Crippen LogP contribution in [0.25, 0.3) is 17.2 Å². The molecule has 0 fully saturated rings. The highest BCUT2D eigenvalue weighted by Crippen LogP contribution is 2.31. The smallest absolute Gasteiger partial charge is 0.451 e. The lowest BCUT2D eigenvalue weighted by Gasteiger charge is -2.10. The summed E-state index contributed by atoms with van der Waals surface area (Å²) in [6, 6.07) is 5.10. The second-order valence-electron chi connectivity index (χ2n) is 6.62. The van der Waals surface area contributed by atoms with E-state index in [9.17, 15) is 22.0 Å². The van der Waals surface area contributed by atoms with Gasteiger partial charge in [-0.25, -0.2) is 18.7 Å². The molecule has 4 rings (SSSR count). The van der Waals surface area contributed by atoms with E-state index in [1.54, 1.807) is 26.1 Å². The van der Waals surface area contributed by atoms with Crippen molar-refractivity contribution in [3.8, 4) is 17.3 Å². The molecule has 30 heavy (non-hydrogen) atoms. The van der Waals surface area contributed by atoms with E-state index in [-0.39, 0.29) is 28.5 Å². The molecule has 0 radical (unpaired) electrons. The second kappa shape index (κ2) is 7.08. The van der Waals surface area contributed by atoms with Crippen LogP contribution < -0.4 is 4.74 Å². The Kier molecular flexibility index (Phi) is 4.67. The number of imidazole rings is 1. The number of pyridine rings is 1. The van der Waals surface area contributed by atoms with Crippen LogP contribution >= 0.6 is 0 Å². The lowest BCUT2D eigenvalue weighted by Crippen LogP contribution is -2.07. The van der Waals surface area contributed by atoms with Crippen molar-refractivity contribution in [1.82, 2.24) is 24.6 Å². The number of benzene rings is 1. The molecule has 156 valence electrons. The van der Waals surface area contributed by atoms with Gasteiger partial charge in [0.1, 0.15) is 23.9 Å². The number of aromatic amines is 1. The van der Waals surface area contributed by atoms with Crippen LogP contribution in [0.2, 0.25) is 0 Å². The summed E-state index contributed by atoms with van der Waals surface area (Å²) in [6.45, 7) is 2.92. The molecule has 0 atom stereocenters. The lowest BCUT2D eigenvalue weighted by atomic mass is 10.2. The standard InChI is InChI=1S/C19H14F5N5O/c1-9-6-14(30-8-11-12(20)4-3-5-13(11)21)17-25-10(2)15(29(17)7-9)16-26-18(28-27-16)19(22,23)24/h3-7H,8H2,1-2H3,(H,26,27,28). The second-order valence-corrected chi connectivity index (χ2v) is 6.62. The minimum atomic E-state index is -4.67. The van der Waals surface area contributed by atoms with E-state index in [1.165, 1.54) is 10.5 Å². The van der Waals surface area contributed by atoms with E-state index in [1.807, 2.05) is 5.10 Å². The van der Waals surface area contributed by atoms with Crippen molar-refractivity contribution in [2.45, 2.75) is 26.6 Å². The Morgan fingerprint density at radius 2 is 1.80 bits per heavy atom. The average molecular weight is 423 g/mol. The van der Waals surface area contributed by atoms with Crippen LogP contribution in [0.15, 0.2) is 30.5 Å². The fraction of sp³-hybridized carbons (Fsp3) is 0.211. The normalized spacial score (nSPS) is 12.0. The molecule has 11 heteroatoms. The number of H-pyrrole nitrogens is 1. The molecular formula is C19H14F5N5O. The zero-order chi connectivity index (χ0) is 21.6. The summed E-state index contributed by atoms with van der Waals surface area (Å²) >= 11 is 0. The number of rotatable bonds is 4. The van der Waals surface area contributed by atoms with Gasteiger partial charge >= 0.3 is 6.18 Å². The summed E-state index contributed by atoms with van der Waals surface area (Å²) in [5.74, 6) is -2.72. The third-order valence-electron chi connectivity index (χ3n) is 4.40. The molecule has 1 aromatic carbocycles. The highest BCUT2D eigenvalue weighted by molar-refractivity contribution is 5.66. The van der Waals surface area contributed by atoms with Crippen molar-refractivity contribution in [3.05, 3.63) is 64.7 Å². The first-order chi connectivity index (χ1) is 14.1. The van der Waals surface area contributed by atoms with Crippen LogP contribution in [-0.4, -0.2) is 24.6 Å². The number of nitrogens with zero attached hydrogens (tertiary/aromatic N) is 4. The van der Waals surface area contributed by atoms with Crippen molar-refractivity contribution in [3.63, 3.8) is 0 Å². The summed E-state index contributed by atoms with van der Waals surface area (Å²) < 4.78 is 73.5. The van der Waals surface area contributed by atoms with Gasteiger partial charge in [0.25, 0.3) is 0 Å². The van der Waals surface area contributed by atoms with Crippen LogP contribution in [0.3, 0.4) is 0 Å². The van der Waals surface area contributed by atoms with Crippen molar-refractivity contribution in [1.29, 1.82) is 0 Å². The molecule has 0 aliphatic rings. The largest absolute Gasteiger partial charge is 0.485 e. The monoisotopic (exact) mass is 423 g/mol. The molecule has 0 unspecified atom stereocenters. The Morgan fingerprint density at radius 1 is 1.10 bits per heavy atom. The fourth-order valence-electron chi connectivity index (χ4n) is 3.05. The van der Waals surface area contributed by atoms with Gasteiger partial charge in [0, 0.05) is 6.20 Å². The van der Waals surface area contributed by atoms with E-state index < -0.39 is 30.2 Å². The van der Waals surface area contributed by atoms with Gasteiger partial charge in [0.05, 0.1) is 11.3 Å². The SMILES string of the molecule is Cc1cc(OCc2c(F)cccc2F)c2nc(C)c(-c3n[nH]c(C(F)(F)F)n3)n2c1. The number of alkyl halides is 3. The van der Waals surface area contributed by atoms with Crippen molar-refractivity contribution in [2.24, 2.45) is 0 Å². The Balaban J connectivity index is 1.77. The van der Waals surface area contributed by atoms with Gasteiger partial charge in [0.15, 0.2) is 17.2 Å². The third-order valence-corrected chi connectivity index (χ3v) is 4.40. The molecule has 0 spiro atoms. The van der Waals surface area contributed by atoms with Crippen molar-refractivity contribution >= 4 is 5.65 Å². The van der Waals surface area contributed by atoms with Crippen LogP contribution in [0.1, 0.15) is 22.6 Å². The molecule has 4 aromatic rings. The van der Waals surface area contributed by atoms with Crippen molar-refractivity contribution in [2.75, 3.05) is 0 Å². The molecule has 0 aliphatic carbocycles. The van der Waals surface area contributed by atoms with E-state index in [4.69, 9.17) is 4.74 Å². The summed E-state index contributed by atoms with van der Waals surface area (Å²) in [6.07, 6.45) is -3.04. The first-order valence-corrected chi connectivity index (χ1v) is 8.70. The zero-order valence-corrected chi connectivity index (χ0v) is 15.7. The Morgan fingerprint density at radius 3 is 2.43 bits per heavy atom. The Bertz CT molecular complexity index is 1220. The van der Waals surface area contributed by atoms with Crippen LogP contribution in [-0.2, 0) is 12.8 Å². The number of hydrogen-bond acceptors (Lipinski definition) is 4. The van der Waals surface area contributed by atoms with E-state index in [2.05, 4.69) is 15.1 Å². The number of aryl methyl sites for hydroxylation is 2. The zero-order valence-electron chi connectivity index (χ0n) is 15.7. The van der Waals surface area contributed by atoms with Gasteiger partial charge < -0.3 is 4.74 Å². The van der Waals surface area contributed by atoms with Crippen LogP contribution in [0.4, 0.5) is 22.0 Å². The molecule has 0 aliphatic heterocycles. The molecule has 1 N–H and O–H groups in total. The van der Waals surface area contributed by atoms with E-state index in [0.29, 0.717) is 11.3 Å². The number of fused-ring (bicyclic) bond motifs is 1. The molecule has 3 aromatic heterocycles. The number of aromatic nitrogens is 5. The number of hydrogen-bond donors (Lipinski definition) is 1. The summed E-state index contributed by atoms with van der Waals surface area (Å²) in [5.41, 5.74) is 1.28. The number of ether oxygens (including phenoxy) is 1. The van der Waals surface area contributed by atoms with Gasteiger partial charge in [-0.05, 0) is 37.6 Å². The maximum Gasteiger partial charge on any atom is 0.451 e. The fourth-order valence-corrected chi connectivity index (χ4v) is 3.05. The van der Waals surface area contributed by atoms with E-state index >= 15 is 0 Å². The van der Waals surface area contributed by atoms with Crippen LogP contribution in [0, 0.1) is 25.5 Å². The third kappa shape index (κ3) is 3.46. The van der Waals surface area contributed by atoms with Gasteiger partial charge in [-0.15, -0.1) is 0 Å². The Hall–Kier alpha value is -3.50. The average Bonchev–Trinajstić information content (AvgIpc) is 3.25. The van der Waals surface area contributed by atoms with Crippen molar-refractivity contribution < 1.29 is 26.7 Å². The topological polar surface area (TPSA) is 68.1 Å². The highest BCUT2D eigenvalue weighted by atomic mass is 19.4. The molecule has 0 saturated heterocycles. The predicted molar refractivity (Wildman–Crippen MR) is 95.7 cm³/mol. The molecule has 3 heterocycles. The first kappa shape index (κ1) is 19.8. The summed E-state index contributed by atoms with van der Waals surface area (Å²) in [5, 5.41) is 5.53. The lowest BCUT2D eigenvalue weighted by molar-refractivity contribution is -0.144.